The summed E-state index contributed by atoms with van der Waals surface area (Å²) in [5.41, 5.74) is 3.39. The van der Waals surface area contributed by atoms with E-state index in [4.69, 9.17) is 11.6 Å². The molecule has 1 fully saturated rings. The van der Waals surface area contributed by atoms with Crippen molar-refractivity contribution in [1.82, 2.24) is 19.9 Å². The summed E-state index contributed by atoms with van der Waals surface area (Å²) < 4.78 is 0. The topological polar surface area (TPSA) is 53.9 Å². The van der Waals surface area contributed by atoms with Gasteiger partial charge in [-0.2, -0.15) is 0 Å². The second-order valence-corrected chi connectivity index (χ2v) is 7.56. The van der Waals surface area contributed by atoms with Crippen LogP contribution in [-0.4, -0.2) is 26.4 Å². The molecule has 3 aromatic rings. The van der Waals surface area contributed by atoms with Crippen LogP contribution in [-0.2, 0) is 6.54 Å². The Hall–Kier alpha value is -2.50. The molecule has 1 unspecified atom stereocenters. The third-order valence-corrected chi connectivity index (χ3v) is 5.33. The third-order valence-electron chi connectivity index (χ3n) is 5.11. The quantitative estimate of drug-likeness (QED) is 0.630. The molecule has 0 amide bonds. The highest BCUT2D eigenvalue weighted by Gasteiger charge is 2.23. The molecule has 6 heteroatoms. The van der Waals surface area contributed by atoms with Crippen LogP contribution in [0.15, 0.2) is 61.1 Å². The van der Waals surface area contributed by atoms with Gasteiger partial charge in [0.15, 0.2) is 0 Å². The molecule has 0 aliphatic carbocycles. The number of benzene rings is 1. The van der Waals surface area contributed by atoms with Crippen LogP contribution in [0.3, 0.4) is 0 Å². The fraction of sp³-hybridized carbons (Fsp3) is 0.318. The molecule has 28 heavy (non-hydrogen) atoms. The number of pyridine rings is 1. The lowest BCUT2D eigenvalue weighted by atomic mass is 10.00. The Morgan fingerprint density at radius 1 is 1.00 bits per heavy atom. The molecule has 0 spiro atoms. The number of hydrogen-bond donors (Lipinski definition) is 1. The average Bonchev–Trinajstić information content (AvgIpc) is 2.96. The van der Waals surface area contributed by atoms with Gasteiger partial charge in [0.05, 0.1) is 10.7 Å². The Bertz CT molecular complexity index is 885. The van der Waals surface area contributed by atoms with Gasteiger partial charge in [-0.15, -0.1) is 0 Å². The van der Waals surface area contributed by atoms with Crippen molar-refractivity contribution < 1.29 is 0 Å². The maximum absolute atomic E-state index is 6.00. The van der Waals surface area contributed by atoms with Crippen molar-refractivity contribution in [3.05, 3.63) is 77.3 Å². The van der Waals surface area contributed by atoms with E-state index in [0.717, 1.165) is 30.9 Å². The van der Waals surface area contributed by atoms with Crippen LogP contribution in [0.25, 0.3) is 0 Å². The zero-order valence-electron chi connectivity index (χ0n) is 15.8. The SMILES string of the molecule is Clc1ccc(CN2CCCCCC2c2cccc(Nc3ncccn3)c2)nc1. The Morgan fingerprint density at radius 2 is 1.89 bits per heavy atom. The molecular weight excluding hydrogens is 370 g/mol. The predicted octanol–water partition coefficient (Wildman–Crippen LogP) is 5.39. The lowest BCUT2D eigenvalue weighted by Gasteiger charge is -2.30. The van der Waals surface area contributed by atoms with Gasteiger partial charge in [-0.1, -0.05) is 36.6 Å². The Morgan fingerprint density at radius 3 is 2.71 bits per heavy atom. The molecular formula is C22H24ClN5. The molecule has 5 nitrogen and oxygen atoms in total. The van der Waals surface area contributed by atoms with E-state index < -0.39 is 0 Å². The minimum absolute atomic E-state index is 0.374. The average molecular weight is 394 g/mol. The standard InChI is InChI=1S/C22H24ClN5/c23-18-9-10-20(26-15-18)16-28-13-3-1-2-8-21(28)17-6-4-7-19(14-17)27-22-24-11-5-12-25-22/h4-7,9-12,14-15,21H,1-3,8,13,16H2,(H,24,25,27). The van der Waals surface area contributed by atoms with E-state index in [-0.39, 0.29) is 0 Å². The molecule has 0 bridgehead atoms. The number of halogens is 1. The largest absolute Gasteiger partial charge is 0.324 e. The van der Waals surface area contributed by atoms with Gasteiger partial charge < -0.3 is 5.32 Å². The molecule has 2 aromatic heterocycles. The number of rotatable bonds is 5. The van der Waals surface area contributed by atoms with Gasteiger partial charge in [0.2, 0.25) is 5.95 Å². The van der Waals surface area contributed by atoms with Crippen molar-refractivity contribution in [3.63, 3.8) is 0 Å². The van der Waals surface area contributed by atoms with Gasteiger partial charge >= 0.3 is 0 Å². The summed E-state index contributed by atoms with van der Waals surface area (Å²) in [4.78, 5) is 15.6. The minimum Gasteiger partial charge on any atom is -0.324 e. The number of aromatic nitrogens is 3. The normalized spacial score (nSPS) is 17.8. The maximum Gasteiger partial charge on any atom is 0.227 e. The smallest absolute Gasteiger partial charge is 0.227 e. The van der Waals surface area contributed by atoms with E-state index in [2.05, 4.69) is 49.4 Å². The summed E-state index contributed by atoms with van der Waals surface area (Å²) in [5.74, 6) is 0.614. The zero-order chi connectivity index (χ0) is 19.2. The minimum atomic E-state index is 0.374. The van der Waals surface area contributed by atoms with Crippen LogP contribution in [0.2, 0.25) is 5.02 Å². The van der Waals surface area contributed by atoms with Crippen molar-refractivity contribution in [3.8, 4) is 0 Å². The monoisotopic (exact) mass is 393 g/mol. The van der Waals surface area contributed by atoms with Gasteiger partial charge in [0.25, 0.3) is 0 Å². The third kappa shape index (κ3) is 4.86. The molecule has 1 aliphatic rings. The van der Waals surface area contributed by atoms with E-state index in [1.165, 1.54) is 24.8 Å². The van der Waals surface area contributed by atoms with Gasteiger partial charge in [0.1, 0.15) is 0 Å². The zero-order valence-corrected chi connectivity index (χ0v) is 16.5. The summed E-state index contributed by atoms with van der Waals surface area (Å²) in [6, 6.07) is 14.7. The molecule has 3 heterocycles. The molecule has 4 rings (SSSR count). The fourth-order valence-corrected chi connectivity index (χ4v) is 3.87. The predicted molar refractivity (Wildman–Crippen MR) is 113 cm³/mol. The van der Waals surface area contributed by atoms with Crippen LogP contribution >= 0.6 is 11.6 Å². The van der Waals surface area contributed by atoms with Gasteiger partial charge in [0, 0.05) is 36.9 Å². The molecule has 1 atom stereocenters. The van der Waals surface area contributed by atoms with Crippen molar-refractivity contribution >= 4 is 23.2 Å². The first-order chi connectivity index (χ1) is 13.8. The molecule has 1 N–H and O–H groups in total. The summed E-state index contributed by atoms with van der Waals surface area (Å²) in [5, 5.41) is 3.98. The molecule has 1 aromatic carbocycles. The van der Waals surface area contributed by atoms with E-state index in [0.29, 0.717) is 17.0 Å². The highest BCUT2D eigenvalue weighted by molar-refractivity contribution is 6.30. The summed E-state index contributed by atoms with van der Waals surface area (Å²) in [6.07, 6.45) is 10.1. The summed E-state index contributed by atoms with van der Waals surface area (Å²) in [7, 11) is 0. The van der Waals surface area contributed by atoms with Crippen molar-refractivity contribution in [2.75, 3.05) is 11.9 Å². The second-order valence-electron chi connectivity index (χ2n) is 7.13. The Labute approximate surface area is 170 Å². The van der Waals surface area contributed by atoms with Gasteiger partial charge in [-0.3, -0.25) is 9.88 Å². The van der Waals surface area contributed by atoms with E-state index >= 15 is 0 Å². The highest BCUT2D eigenvalue weighted by atomic mass is 35.5. The molecule has 1 saturated heterocycles. The van der Waals surface area contributed by atoms with E-state index in [1.54, 1.807) is 18.6 Å². The lowest BCUT2D eigenvalue weighted by Crippen LogP contribution is -2.28. The number of nitrogens with one attached hydrogen (secondary N) is 1. The molecule has 144 valence electrons. The second kappa shape index (κ2) is 9.13. The van der Waals surface area contributed by atoms with Gasteiger partial charge in [-0.05, 0) is 55.3 Å². The van der Waals surface area contributed by atoms with E-state index in [9.17, 15) is 0 Å². The maximum atomic E-state index is 6.00. The Balaban J connectivity index is 1.55. The first-order valence-electron chi connectivity index (χ1n) is 9.76. The van der Waals surface area contributed by atoms with Crippen LogP contribution in [0.1, 0.15) is 43.0 Å². The van der Waals surface area contributed by atoms with Crippen molar-refractivity contribution in [2.45, 2.75) is 38.3 Å². The van der Waals surface area contributed by atoms with Crippen molar-refractivity contribution in [2.24, 2.45) is 0 Å². The highest BCUT2D eigenvalue weighted by Crippen LogP contribution is 2.32. The number of anilines is 2. The molecule has 0 radical (unpaired) electrons. The van der Waals surface area contributed by atoms with Crippen LogP contribution in [0.4, 0.5) is 11.6 Å². The van der Waals surface area contributed by atoms with E-state index in [1.807, 2.05) is 18.2 Å². The molecule has 0 saturated carbocycles. The van der Waals surface area contributed by atoms with Crippen LogP contribution < -0.4 is 5.32 Å². The molecule has 1 aliphatic heterocycles. The van der Waals surface area contributed by atoms with Gasteiger partial charge in [-0.25, -0.2) is 9.97 Å². The lowest BCUT2D eigenvalue weighted by molar-refractivity contribution is 0.190. The first kappa shape index (κ1) is 18.8. The van der Waals surface area contributed by atoms with Crippen LogP contribution in [0, 0.1) is 0 Å². The summed E-state index contributed by atoms with van der Waals surface area (Å²) in [6.45, 7) is 1.91. The first-order valence-corrected chi connectivity index (χ1v) is 10.1. The number of nitrogens with zero attached hydrogens (tertiary/aromatic N) is 4. The number of likely N-dealkylation sites (tertiary alicyclic amines) is 1. The van der Waals surface area contributed by atoms with Crippen LogP contribution in [0.5, 0.6) is 0 Å². The van der Waals surface area contributed by atoms with Crippen molar-refractivity contribution in [1.29, 1.82) is 0 Å². The fourth-order valence-electron chi connectivity index (χ4n) is 3.76. The number of hydrogen-bond acceptors (Lipinski definition) is 5. The Kier molecular flexibility index (Phi) is 6.14. The summed E-state index contributed by atoms with van der Waals surface area (Å²) >= 11 is 6.00.